The van der Waals surface area contributed by atoms with Gasteiger partial charge in [0.1, 0.15) is 5.78 Å². The van der Waals surface area contributed by atoms with Crippen molar-refractivity contribution in [3.05, 3.63) is 18.0 Å². The number of Topliss-reactive ketones (excluding diaryl/α,β-unsaturated/α-hetero) is 1. The van der Waals surface area contributed by atoms with Crippen LogP contribution in [0.1, 0.15) is 64.6 Å². The Hall–Kier alpha value is -1.16. The molecule has 1 unspecified atom stereocenters. The van der Waals surface area contributed by atoms with E-state index in [0.29, 0.717) is 11.8 Å². The summed E-state index contributed by atoms with van der Waals surface area (Å²) in [7, 11) is 0. The van der Waals surface area contributed by atoms with Gasteiger partial charge in [0.25, 0.3) is 0 Å². The number of hydrogen-bond donors (Lipinski definition) is 0. The van der Waals surface area contributed by atoms with Crippen LogP contribution in [0, 0.1) is 0 Å². The maximum Gasteiger partial charge on any atom is 0.146 e. The van der Waals surface area contributed by atoms with E-state index in [1.807, 2.05) is 0 Å². The Morgan fingerprint density at radius 2 is 2.15 bits per heavy atom. The van der Waals surface area contributed by atoms with Gasteiger partial charge in [-0.25, -0.2) is 0 Å². The van der Waals surface area contributed by atoms with Crippen LogP contribution >= 0.6 is 0 Å². The minimum absolute atomic E-state index is 0.0991. The highest BCUT2D eigenvalue weighted by molar-refractivity contribution is 5.81. The molecular weight excluding hydrogens is 250 g/mol. The normalized spacial score (nSPS) is 20.5. The van der Waals surface area contributed by atoms with E-state index in [4.69, 9.17) is 5.10 Å². The summed E-state index contributed by atoms with van der Waals surface area (Å²) in [5.41, 5.74) is 1.09. The zero-order valence-corrected chi connectivity index (χ0v) is 13.0. The van der Waals surface area contributed by atoms with Crippen LogP contribution in [0.4, 0.5) is 0 Å². The van der Waals surface area contributed by atoms with E-state index < -0.39 is 0 Å². The second-order valence-corrected chi connectivity index (χ2v) is 5.85. The van der Waals surface area contributed by atoms with Crippen LogP contribution in [0.3, 0.4) is 0 Å². The average Bonchev–Trinajstić information content (AvgIpc) is 2.89. The largest absolute Gasteiger partial charge is 0.298 e. The molecule has 0 aliphatic carbocycles. The van der Waals surface area contributed by atoms with Crippen LogP contribution in [0.2, 0.25) is 0 Å². The predicted molar refractivity (Wildman–Crippen MR) is 80.6 cm³/mol. The van der Waals surface area contributed by atoms with Crippen molar-refractivity contribution in [3.63, 3.8) is 0 Å². The minimum atomic E-state index is 0.0991. The highest BCUT2D eigenvalue weighted by Gasteiger charge is 2.26. The molecule has 2 rings (SSSR count). The lowest BCUT2D eigenvalue weighted by atomic mass is 9.99. The van der Waals surface area contributed by atoms with Crippen molar-refractivity contribution in [2.45, 2.75) is 71.5 Å². The van der Waals surface area contributed by atoms with E-state index in [-0.39, 0.29) is 6.04 Å². The number of piperidine rings is 1. The molecule has 0 bridgehead atoms. The summed E-state index contributed by atoms with van der Waals surface area (Å²) in [6, 6.07) is 2.69. The SMILES string of the molecule is CCC(CC)n1ccc(CN2CCCCC2C(C)=O)n1. The van der Waals surface area contributed by atoms with Crippen LogP contribution in [-0.2, 0) is 11.3 Å². The number of carbonyl (C=O) groups excluding carboxylic acids is 1. The van der Waals surface area contributed by atoms with Crippen molar-refractivity contribution in [1.29, 1.82) is 0 Å². The number of hydrogen-bond acceptors (Lipinski definition) is 3. The lowest BCUT2D eigenvalue weighted by Crippen LogP contribution is -2.43. The third-order valence-electron chi connectivity index (χ3n) is 4.43. The number of ketones is 1. The van der Waals surface area contributed by atoms with Gasteiger partial charge in [-0.2, -0.15) is 5.10 Å². The minimum Gasteiger partial charge on any atom is -0.298 e. The third-order valence-corrected chi connectivity index (χ3v) is 4.43. The van der Waals surface area contributed by atoms with Gasteiger partial charge in [0.2, 0.25) is 0 Å². The van der Waals surface area contributed by atoms with Crippen LogP contribution in [0.25, 0.3) is 0 Å². The van der Waals surface area contributed by atoms with Crippen molar-refractivity contribution in [2.24, 2.45) is 0 Å². The Balaban J connectivity index is 2.03. The van der Waals surface area contributed by atoms with Crippen molar-refractivity contribution in [2.75, 3.05) is 6.54 Å². The fourth-order valence-corrected chi connectivity index (χ4v) is 3.18. The van der Waals surface area contributed by atoms with Crippen molar-refractivity contribution in [3.8, 4) is 0 Å². The Morgan fingerprint density at radius 3 is 2.80 bits per heavy atom. The third kappa shape index (κ3) is 3.48. The van der Waals surface area contributed by atoms with Gasteiger partial charge in [0.05, 0.1) is 17.8 Å². The van der Waals surface area contributed by atoms with Crippen molar-refractivity contribution >= 4 is 5.78 Å². The Labute approximate surface area is 122 Å². The monoisotopic (exact) mass is 277 g/mol. The van der Waals surface area contributed by atoms with Crippen LogP contribution in [0.5, 0.6) is 0 Å². The van der Waals surface area contributed by atoms with E-state index in [9.17, 15) is 4.79 Å². The van der Waals surface area contributed by atoms with Gasteiger partial charge in [0, 0.05) is 12.7 Å². The first-order valence-electron chi connectivity index (χ1n) is 7.94. The molecule has 1 aromatic heterocycles. The summed E-state index contributed by atoms with van der Waals surface area (Å²) >= 11 is 0. The molecule has 112 valence electrons. The van der Waals surface area contributed by atoms with E-state index in [1.165, 1.54) is 12.8 Å². The smallest absolute Gasteiger partial charge is 0.146 e. The maximum absolute atomic E-state index is 11.7. The molecule has 1 aliphatic rings. The molecule has 1 atom stereocenters. The molecule has 0 aromatic carbocycles. The molecule has 4 heteroatoms. The quantitative estimate of drug-likeness (QED) is 0.801. The summed E-state index contributed by atoms with van der Waals surface area (Å²) in [5.74, 6) is 0.295. The molecule has 1 aromatic rings. The molecule has 0 spiro atoms. The molecule has 1 fully saturated rings. The van der Waals surface area contributed by atoms with Crippen LogP contribution in [0.15, 0.2) is 12.3 Å². The maximum atomic E-state index is 11.7. The Bertz CT molecular complexity index is 437. The van der Waals surface area contributed by atoms with E-state index in [2.05, 4.69) is 35.7 Å². The summed E-state index contributed by atoms with van der Waals surface area (Å²) in [4.78, 5) is 14.0. The van der Waals surface area contributed by atoms with E-state index in [0.717, 1.165) is 38.0 Å². The molecule has 1 aliphatic heterocycles. The second kappa shape index (κ2) is 7.02. The second-order valence-electron chi connectivity index (χ2n) is 5.85. The van der Waals surface area contributed by atoms with Gasteiger partial charge in [-0.05, 0) is 45.2 Å². The predicted octanol–water partition coefficient (Wildman–Crippen LogP) is 3.19. The standard InChI is InChI=1S/C16H27N3O/c1-4-15(5-2)19-11-9-14(17-19)12-18-10-7-6-8-16(18)13(3)20/h9,11,15-16H,4-8,10,12H2,1-3H3. The summed E-state index contributed by atoms with van der Waals surface area (Å²) in [6.07, 6.45) is 7.66. The van der Waals surface area contributed by atoms with Crippen molar-refractivity contribution in [1.82, 2.24) is 14.7 Å². The average molecular weight is 277 g/mol. The number of carbonyl (C=O) groups is 1. The lowest BCUT2D eigenvalue weighted by Gasteiger charge is -2.33. The number of likely N-dealkylation sites (tertiary alicyclic amines) is 1. The van der Waals surface area contributed by atoms with Crippen LogP contribution < -0.4 is 0 Å². The summed E-state index contributed by atoms with van der Waals surface area (Å²) < 4.78 is 2.09. The molecule has 1 saturated heterocycles. The molecule has 20 heavy (non-hydrogen) atoms. The van der Waals surface area contributed by atoms with Gasteiger partial charge in [-0.1, -0.05) is 20.3 Å². The molecule has 4 nitrogen and oxygen atoms in total. The number of rotatable bonds is 6. The first-order chi connectivity index (χ1) is 9.65. The molecule has 0 N–H and O–H groups in total. The molecule has 0 amide bonds. The Kier molecular flexibility index (Phi) is 5.35. The highest BCUT2D eigenvalue weighted by atomic mass is 16.1. The first kappa shape index (κ1) is 15.2. The number of nitrogens with zero attached hydrogens (tertiary/aromatic N) is 3. The fourth-order valence-electron chi connectivity index (χ4n) is 3.18. The molecular formula is C16H27N3O. The van der Waals surface area contributed by atoms with Gasteiger partial charge in [0.15, 0.2) is 0 Å². The van der Waals surface area contributed by atoms with E-state index in [1.54, 1.807) is 6.92 Å². The Morgan fingerprint density at radius 1 is 1.40 bits per heavy atom. The first-order valence-corrected chi connectivity index (χ1v) is 7.94. The zero-order chi connectivity index (χ0) is 14.5. The molecule has 0 radical (unpaired) electrons. The summed E-state index contributed by atoms with van der Waals surface area (Å²) in [6.45, 7) is 7.93. The van der Waals surface area contributed by atoms with Crippen molar-refractivity contribution < 1.29 is 4.79 Å². The molecule has 0 saturated carbocycles. The van der Waals surface area contributed by atoms with Crippen LogP contribution in [-0.4, -0.2) is 33.1 Å². The lowest BCUT2D eigenvalue weighted by molar-refractivity contribution is -0.123. The van der Waals surface area contributed by atoms with E-state index >= 15 is 0 Å². The van der Waals surface area contributed by atoms with Gasteiger partial charge < -0.3 is 0 Å². The molecule has 2 heterocycles. The summed E-state index contributed by atoms with van der Waals surface area (Å²) in [5, 5.41) is 4.70. The number of aromatic nitrogens is 2. The van der Waals surface area contributed by atoms with Gasteiger partial charge >= 0.3 is 0 Å². The fraction of sp³-hybridized carbons (Fsp3) is 0.750. The topological polar surface area (TPSA) is 38.1 Å². The van der Waals surface area contributed by atoms with Gasteiger partial charge in [-0.15, -0.1) is 0 Å². The van der Waals surface area contributed by atoms with Gasteiger partial charge in [-0.3, -0.25) is 14.4 Å². The highest BCUT2D eigenvalue weighted by Crippen LogP contribution is 2.21. The zero-order valence-electron chi connectivity index (χ0n) is 13.0.